The Labute approximate surface area is 185 Å². The number of para-hydroxylation sites is 1. The molecule has 10 heteroatoms. The van der Waals surface area contributed by atoms with E-state index in [-0.39, 0.29) is 11.1 Å². The Bertz CT molecular complexity index is 1540. The Balaban J connectivity index is 1.78. The lowest BCUT2D eigenvalue weighted by molar-refractivity contribution is 0.558. The normalized spacial score (nSPS) is 12.4. The summed E-state index contributed by atoms with van der Waals surface area (Å²) >= 11 is 0. The predicted octanol–water partition coefficient (Wildman–Crippen LogP) is 4.64. The summed E-state index contributed by atoms with van der Waals surface area (Å²) in [6.07, 6.45) is 3.24. The van der Waals surface area contributed by atoms with Crippen molar-refractivity contribution in [1.82, 2.24) is 24.5 Å². The van der Waals surface area contributed by atoms with Crippen LogP contribution in [0.1, 0.15) is 25.1 Å². The highest BCUT2D eigenvalue weighted by molar-refractivity contribution is 5.84. The number of hydrogen-bond donors (Lipinski definition) is 2. The molecule has 2 aromatic carbocycles. The van der Waals surface area contributed by atoms with Gasteiger partial charge in [-0.2, -0.15) is 0 Å². The summed E-state index contributed by atoms with van der Waals surface area (Å²) in [5, 5.41) is 3.68. The maximum Gasteiger partial charge on any atom is 0.263 e. The Morgan fingerprint density at radius 2 is 1.85 bits per heavy atom. The van der Waals surface area contributed by atoms with Crippen LogP contribution >= 0.6 is 0 Å². The van der Waals surface area contributed by atoms with Gasteiger partial charge in [0.2, 0.25) is 0 Å². The Kier molecular flexibility index (Phi) is 5.04. The molecule has 7 nitrogen and oxygen atoms in total. The average Bonchev–Trinajstić information content (AvgIpc) is 3.29. The summed E-state index contributed by atoms with van der Waals surface area (Å²) in [6.45, 7) is 1.85. The van der Waals surface area contributed by atoms with Crippen LogP contribution in [0.15, 0.2) is 59.9 Å². The van der Waals surface area contributed by atoms with Crippen LogP contribution in [0.25, 0.3) is 27.6 Å². The van der Waals surface area contributed by atoms with Crippen molar-refractivity contribution in [2.75, 3.05) is 5.32 Å². The molecule has 0 saturated heterocycles. The topological polar surface area (TPSA) is 88.5 Å². The van der Waals surface area contributed by atoms with Gasteiger partial charge in [-0.15, -0.1) is 0 Å². The molecule has 0 saturated carbocycles. The largest absolute Gasteiger partial charge is 0.360 e. The average molecular weight is 450 g/mol. The summed E-state index contributed by atoms with van der Waals surface area (Å²) in [4.78, 5) is 28.8. The van der Waals surface area contributed by atoms with Crippen molar-refractivity contribution in [3.05, 3.63) is 88.6 Å². The molecule has 5 aromatic rings. The maximum absolute atomic E-state index is 14.8. The molecule has 33 heavy (non-hydrogen) atoms. The summed E-state index contributed by atoms with van der Waals surface area (Å²) in [5.41, 5.74) is 0.00875. The lowest BCUT2D eigenvalue weighted by atomic mass is 10.0. The Hall–Kier alpha value is -4.21. The minimum atomic E-state index is -0.915. The highest BCUT2D eigenvalue weighted by atomic mass is 19.1. The van der Waals surface area contributed by atoms with Crippen molar-refractivity contribution >= 4 is 27.8 Å². The Morgan fingerprint density at radius 3 is 2.61 bits per heavy atom. The van der Waals surface area contributed by atoms with Crippen molar-refractivity contribution in [2.45, 2.75) is 19.4 Å². The van der Waals surface area contributed by atoms with Crippen LogP contribution in [0.5, 0.6) is 0 Å². The van der Waals surface area contributed by atoms with Crippen LogP contribution in [-0.2, 0) is 0 Å². The fourth-order valence-corrected chi connectivity index (χ4v) is 3.92. The quantitative estimate of drug-likeness (QED) is 0.407. The number of benzene rings is 2. The highest BCUT2D eigenvalue weighted by Gasteiger charge is 2.23. The summed E-state index contributed by atoms with van der Waals surface area (Å²) < 4.78 is 44.5. The van der Waals surface area contributed by atoms with E-state index >= 15 is 0 Å². The number of aromatic nitrogens is 5. The van der Waals surface area contributed by atoms with Crippen LogP contribution in [-0.4, -0.2) is 24.5 Å². The van der Waals surface area contributed by atoms with E-state index in [1.807, 2.05) is 6.92 Å². The van der Waals surface area contributed by atoms with Gasteiger partial charge in [0.25, 0.3) is 5.56 Å². The van der Waals surface area contributed by atoms with Crippen LogP contribution in [0, 0.1) is 17.5 Å². The fourth-order valence-electron chi connectivity index (χ4n) is 3.92. The molecule has 3 heterocycles. The van der Waals surface area contributed by atoms with Gasteiger partial charge in [0.15, 0.2) is 11.5 Å². The summed E-state index contributed by atoms with van der Waals surface area (Å²) in [7, 11) is 0. The molecule has 166 valence electrons. The van der Waals surface area contributed by atoms with Crippen LogP contribution < -0.4 is 10.9 Å². The number of anilines is 1. The second kappa shape index (κ2) is 8.05. The molecule has 0 bridgehead atoms. The number of H-pyrrole nitrogens is 1. The van der Waals surface area contributed by atoms with Gasteiger partial charge in [-0.25, -0.2) is 28.1 Å². The molecule has 0 spiro atoms. The van der Waals surface area contributed by atoms with Crippen molar-refractivity contribution < 1.29 is 13.2 Å². The van der Waals surface area contributed by atoms with Gasteiger partial charge in [-0.05, 0) is 42.1 Å². The zero-order valence-corrected chi connectivity index (χ0v) is 17.3. The SMILES string of the molecule is CC[C@@H](Nc1ncnc2nc[nH]c12)c1cc2ccc(F)cc2c(=O)n1-c1c(F)cccc1F. The zero-order valence-electron chi connectivity index (χ0n) is 17.3. The zero-order chi connectivity index (χ0) is 23.1. The van der Waals surface area contributed by atoms with Crippen LogP contribution in [0.2, 0.25) is 0 Å². The van der Waals surface area contributed by atoms with E-state index in [1.54, 1.807) is 6.07 Å². The number of hydrogen-bond acceptors (Lipinski definition) is 5. The molecule has 3 aromatic heterocycles. The molecule has 0 aliphatic carbocycles. The minimum Gasteiger partial charge on any atom is -0.360 e. The first-order chi connectivity index (χ1) is 16.0. The summed E-state index contributed by atoms with van der Waals surface area (Å²) in [6, 6.07) is 8.12. The second-order valence-corrected chi connectivity index (χ2v) is 7.44. The molecule has 0 unspecified atom stereocenters. The van der Waals surface area contributed by atoms with E-state index in [4.69, 9.17) is 0 Å². The first-order valence-electron chi connectivity index (χ1n) is 10.2. The smallest absolute Gasteiger partial charge is 0.263 e. The van der Waals surface area contributed by atoms with E-state index in [1.165, 1.54) is 30.9 Å². The monoisotopic (exact) mass is 450 g/mol. The van der Waals surface area contributed by atoms with Crippen molar-refractivity contribution in [3.63, 3.8) is 0 Å². The maximum atomic E-state index is 14.8. The number of nitrogens with zero attached hydrogens (tertiary/aromatic N) is 4. The molecule has 1 atom stereocenters. The number of aromatic amines is 1. The van der Waals surface area contributed by atoms with E-state index in [2.05, 4.69) is 25.3 Å². The predicted molar refractivity (Wildman–Crippen MR) is 118 cm³/mol. The van der Waals surface area contributed by atoms with Gasteiger partial charge in [-0.1, -0.05) is 19.1 Å². The first kappa shape index (κ1) is 20.7. The molecule has 2 N–H and O–H groups in total. The molecule has 0 amide bonds. The van der Waals surface area contributed by atoms with Crippen LogP contribution in [0.3, 0.4) is 0 Å². The lowest BCUT2D eigenvalue weighted by Gasteiger charge is -2.24. The second-order valence-electron chi connectivity index (χ2n) is 7.44. The van der Waals surface area contributed by atoms with Crippen molar-refractivity contribution in [1.29, 1.82) is 0 Å². The third-order valence-electron chi connectivity index (χ3n) is 5.47. The van der Waals surface area contributed by atoms with Crippen molar-refractivity contribution in [3.8, 4) is 5.69 Å². The highest BCUT2D eigenvalue weighted by Crippen LogP contribution is 2.29. The van der Waals surface area contributed by atoms with Crippen LogP contribution in [0.4, 0.5) is 19.0 Å². The lowest BCUT2D eigenvalue weighted by Crippen LogP contribution is -2.28. The number of fused-ring (bicyclic) bond motifs is 2. The third kappa shape index (κ3) is 3.49. The van der Waals surface area contributed by atoms with Gasteiger partial charge in [0.1, 0.15) is 35.0 Å². The third-order valence-corrected chi connectivity index (χ3v) is 5.47. The molecule has 0 fully saturated rings. The van der Waals surface area contributed by atoms with E-state index < -0.39 is 34.7 Å². The van der Waals surface area contributed by atoms with E-state index in [0.717, 1.165) is 22.8 Å². The van der Waals surface area contributed by atoms with Gasteiger partial charge in [-0.3, -0.25) is 9.36 Å². The first-order valence-corrected chi connectivity index (χ1v) is 10.2. The van der Waals surface area contributed by atoms with Gasteiger partial charge in [0.05, 0.1) is 17.8 Å². The van der Waals surface area contributed by atoms with E-state index in [9.17, 15) is 18.0 Å². The molecular weight excluding hydrogens is 433 g/mol. The number of nitrogens with one attached hydrogen (secondary N) is 2. The summed E-state index contributed by atoms with van der Waals surface area (Å²) in [5.74, 6) is -2.04. The number of halogens is 3. The standard InChI is InChI=1S/C23H17F3N6O/c1-2-17(31-22-19-21(28-10-27-19)29-11-30-22)18-8-12-6-7-13(24)9-14(12)23(33)32(18)20-15(25)4-3-5-16(20)26/h3-11,17H,2H2,1H3,(H2,27,28,29,30,31)/t17-/m1/s1. The van der Waals surface area contributed by atoms with Gasteiger partial charge >= 0.3 is 0 Å². The van der Waals surface area contributed by atoms with E-state index in [0.29, 0.717) is 28.8 Å². The fraction of sp³-hybridized carbons (Fsp3) is 0.130. The molecular formula is C23H17F3N6O. The molecule has 0 aliphatic rings. The number of rotatable bonds is 5. The Morgan fingerprint density at radius 1 is 1.06 bits per heavy atom. The molecule has 5 rings (SSSR count). The number of imidazole rings is 1. The molecule has 0 radical (unpaired) electrons. The number of pyridine rings is 1. The molecule has 0 aliphatic heterocycles. The minimum absolute atomic E-state index is 0.00857. The van der Waals surface area contributed by atoms with Gasteiger partial charge < -0.3 is 10.3 Å². The van der Waals surface area contributed by atoms with Gasteiger partial charge in [0, 0.05) is 5.69 Å². The van der Waals surface area contributed by atoms with Crippen molar-refractivity contribution in [2.24, 2.45) is 0 Å².